The lowest BCUT2D eigenvalue weighted by molar-refractivity contribution is -0.139. The molecule has 0 N–H and O–H groups in total. The molecule has 0 aliphatic carbocycles. The molecule has 1 heterocycles. The highest BCUT2D eigenvalue weighted by Crippen LogP contribution is 2.21. The van der Waals surface area contributed by atoms with Gasteiger partial charge in [-0.15, -0.1) is 0 Å². The normalized spacial score (nSPS) is 19.4. The lowest BCUT2D eigenvalue weighted by Crippen LogP contribution is -2.29. The maximum Gasteiger partial charge on any atom is 0.232 e. The molecule has 0 saturated carbocycles. The van der Waals surface area contributed by atoms with Gasteiger partial charge in [-0.3, -0.25) is 19.3 Å². The molecule has 2 amide bonds. The Morgan fingerprint density at radius 1 is 1.28 bits per heavy atom. The van der Waals surface area contributed by atoms with Crippen molar-refractivity contribution in [1.29, 1.82) is 0 Å². The van der Waals surface area contributed by atoms with Gasteiger partial charge in [-0.2, -0.15) is 0 Å². The van der Waals surface area contributed by atoms with Crippen LogP contribution in [0.3, 0.4) is 0 Å². The van der Waals surface area contributed by atoms with E-state index in [1.807, 2.05) is 0 Å². The number of carbonyl (C=O) groups excluding carboxylic acids is 3. The molecule has 0 radical (unpaired) electrons. The van der Waals surface area contributed by atoms with Crippen molar-refractivity contribution in [3.05, 3.63) is 35.4 Å². The zero-order chi connectivity index (χ0) is 13.3. The minimum absolute atomic E-state index is 0.00324. The molecule has 0 spiro atoms. The average Bonchev–Trinajstić information content (AvgIpc) is 2.57. The van der Waals surface area contributed by atoms with Crippen molar-refractivity contribution < 1.29 is 14.4 Å². The van der Waals surface area contributed by atoms with E-state index >= 15 is 0 Å². The number of imide groups is 1. The van der Waals surface area contributed by atoms with Crippen molar-refractivity contribution >= 4 is 17.6 Å². The fourth-order valence-electron chi connectivity index (χ4n) is 2.04. The van der Waals surface area contributed by atoms with Gasteiger partial charge in [0.2, 0.25) is 11.8 Å². The van der Waals surface area contributed by atoms with Gasteiger partial charge in [0.05, 0.1) is 6.54 Å². The van der Waals surface area contributed by atoms with Crippen molar-refractivity contribution in [1.82, 2.24) is 4.90 Å². The zero-order valence-corrected chi connectivity index (χ0v) is 10.5. The first-order chi connectivity index (χ1) is 8.49. The van der Waals surface area contributed by atoms with Gasteiger partial charge in [-0.05, 0) is 12.5 Å². The van der Waals surface area contributed by atoms with E-state index in [-0.39, 0.29) is 23.5 Å². The van der Waals surface area contributed by atoms with Crippen LogP contribution in [0.15, 0.2) is 24.3 Å². The number of Topliss-reactive ketones (excluding diaryl/α,β-unsaturated/α-hetero) is 1. The van der Waals surface area contributed by atoms with Crippen molar-refractivity contribution in [3.63, 3.8) is 0 Å². The summed E-state index contributed by atoms with van der Waals surface area (Å²) in [6.45, 7) is 3.56. The second-order valence-corrected chi connectivity index (χ2v) is 4.68. The largest absolute Gasteiger partial charge is 0.295 e. The molecule has 0 aromatic heterocycles. The first-order valence-corrected chi connectivity index (χ1v) is 5.93. The third kappa shape index (κ3) is 2.32. The molecule has 1 aromatic carbocycles. The number of hydrogen-bond acceptors (Lipinski definition) is 3. The van der Waals surface area contributed by atoms with Gasteiger partial charge < -0.3 is 0 Å². The Kier molecular flexibility index (Phi) is 3.28. The summed E-state index contributed by atoms with van der Waals surface area (Å²) in [6, 6.07) is 6.98. The Labute approximate surface area is 106 Å². The van der Waals surface area contributed by atoms with Crippen LogP contribution >= 0.6 is 0 Å². The van der Waals surface area contributed by atoms with E-state index < -0.39 is 0 Å². The molecule has 1 aliphatic heterocycles. The topological polar surface area (TPSA) is 54.5 Å². The zero-order valence-electron chi connectivity index (χ0n) is 10.5. The molecule has 1 aromatic rings. The highest BCUT2D eigenvalue weighted by molar-refractivity contribution is 6.03. The molecule has 1 aliphatic rings. The van der Waals surface area contributed by atoms with Crippen LogP contribution in [-0.2, 0) is 16.1 Å². The predicted molar refractivity (Wildman–Crippen MR) is 65.8 cm³/mol. The number of benzene rings is 1. The molecular formula is C14H15NO3. The summed E-state index contributed by atoms with van der Waals surface area (Å²) in [5.74, 6) is -0.448. The molecule has 1 atom stereocenters. The number of nitrogens with zero attached hydrogens (tertiary/aromatic N) is 1. The smallest absolute Gasteiger partial charge is 0.232 e. The summed E-state index contributed by atoms with van der Waals surface area (Å²) in [4.78, 5) is 35.8. The second kappa shape index (κ2) is 4.72. The number of ketones is 1. The maximum absolute atomic E-state index is 11.7. The predicted octanol–water partition coefficient (Wildman–Crippen LogP) is 1.78. The fourth-order valence-corrected chi connectivity index (χ4v) is 2.04. The number of rotatable bonds is 3. The molecule has 1 unspecified atom stereocenters. The third-order valence-corrected chi connectivity index (χ3v) is 3.17. The molecular weight excluding hydrogens is 230 g/mol. The van der Waals surface area contributed by atoms with Gasteiger partial charge in [-0.25, -0.2) is 0 Å². The Bertz CT molecular complexity index is 504. The molecule has 1 saturated heterocycles. The van der Waals surface area contributed by atoms with Crippen molar-refractivity contribution in [2.75, 3.05) is 0 Å². The van der Waals surface area contributed by atoms with Gasteiger partial charge >= 0.3 is 0 Å². The SMILES string of the molecule is CC(=O)c1ccc(CN2C(=O)CC(C)C2=O)cc1. The molecule has 1 fully saturated rings. The van der Waals surface area contributed by atoms with Crippen molar-refractivity contribution in [2.45, 2.75) is 26.8 Å². The number of likely N-dealkylation sites (tertiary alicyclic amines) is 1. The Hall–Kier alpha value is -1.97. The molecule has 0 bridgehead atoms. The average molecular weight is 245 g/mol. The van der Waals surface area contributed by atoms with Crippen LogP contribution in [0.25, 0.3) is 0 Å². The fraction of sp³-hybridized carbons (Fsp3) is 0.357. The molecule has 4 nitrogen and oxygen atoms in total. The van der Waals surface area contributed by atoms with E-state index in [4.69, 9.17) is 0 Å². The molecule has 4 heteroatoms. The number of amides is 2. The molecule has 18 heavy (non-hydrogen) atoms. The third-order valence-electron chi connectivity index (χ3n) is 3.17. The second-order valence-electron chi connectivity index (χ2n) is 4.68. The van der Waals surface area contributed by atoms with Crippen LogP contribution < -0.4 is 0 Å². The molecule has 2 rings (SSSR count). The van der Waals surface area contributed by atoms with Gasteiger partial charge in [0.15, 0.2) is 5.78 Å². The van der Waals surface area contributed by atoms with E-state index in [9.17, 15) is 14.4 Å². The maximum atomic E-state index is 11.7. The Morgan fingerprint density at radius 3 is 2.33 bits per heavy atom. The summed E-state index contributed by atoms with van der Waals surface area (Å²) in [5.41, 5.74) is 1.49. The summed E-state index contributed by atoms with van der Waals surface area (Å²) in [5, 5.41) is 0. The standard InChI is InChI=1S/C14H15NO3/c1-9-7-13(17)15(14(9)18)8-11-3-5-12(6-4-11)10(2)16/h3-6,9H,7-8H2,1-2H3. The highest BCUT2D eigenvalue weighted by atomic mass is 16.2. The van der Waals surface area contributed by atoms with Gasteiger partial charge in [0.1, 0.15) is 0 Å². The van der Waals surface area contributed by atoms with Gasteiger partial charge in [0, 0.05) is 17.9 Å². The first kappa shape index (κ1) is 12.5. The van der Waals surface area contributed by atoms with Crippen LogP contribution in [-0.4, -0.2) is 22.5 Å². The summed E-state index contributed by atoms with van der Waals surface area (Å²) in [7, 11) is 0. The van der Waals surface area contributed by atoms with Gasteiger partial charge in [0.25, 0.3) is 0 Å². The molecule has 94 valence electrons. The van der Waals surface area contributed by atoms with E-state index in [0.717, 1.165) is 5.56 Å². The minimum Gasteiger partial charge on any atom is -0.295 e. The van der Waals surface area contributed by atoms with Crippen LogP contribution in [0, 0.1) is 5.92 Å². The van der Waals surface area contributed by atoms with E-state index in [1.54, 1.807) is 31.2 Å². The van der Waals surface area contributed by atoms with Crippen LogP contribution in [0.2, 0.25) is 0 Å². The minimum atomic E-state index is -0.214. The van der Waals surface area contributed by atoms with Crippen LogP contribution in [0.4, 0.5) is 0 Å². The monoisotopic (exact) mass is 245 g/mol. The Balaban J connectivity index is 2.12. The van der Waals surface area contributed by atoms with E-state index in [2.05, 4.69) is 0 Å². The van der Waals surface area contributed by atoms with E-state index in [1.165, 1.54) is 11.8 Å². The van der Waals surface area contributed by atoms with E-state index in [0.29, 0.717) is 18.5 Å². The highest BCUT2D eigenvalue weighted by Gasteiger charge is 2.35. The van der Waals surface area contributed by atoms with Crippen molar-refractivity contribution in [2.24, 2.45) is 5.92 Å². The summed E-state index contributed by atoms with van der Waals surface area (Å²) < 4.78 is 0. The lowest BCUT2D eigenvalue weighted by atomic mass is 10.1. The Morgan fingerprint density at radius 2 is 1.89 bits per heavy atom. The summed E-state index contributed by atoms with van der Waals surface area (Å²) in [6.07, 6.45) is 0.296. The quantitative estimate of drug-likeness (QED) is 0.602. The van der Waals surface area contributed by atoms with Crippen molar-refractivity contribution in [3.8, 4) is 0 Å². The lowest BCUT2D eigenvalue weighted by Gasteiger charge is -2.14. The van der Waals surface area contributed by atoms with Crippen LogP contribution in [0.5, 0.6) is 0 Å². The van der Waals surface area contributed by atoms with Gasteiger partial charge in [-0.1, -0.05) is 31.2 Å². The summed E-state index contributed by atoms with van der Waals surface area (Å²) >= 11 is 0. The number of carbonyl (C=O) groups is 3. The number of hydrogen-bond donors (Lipinski definition) is 0. The van der Waals surface area contributed by atoms with Crippen LogP contribution in [0.1, 0.15) is 36.2 Å². The first-order valence-electron chi connectivity index (χ1n) is 5.93.